The number of allylic oxidation sites excluding steroid dienone is 1. The van der Waals surface area contributed by atoms with E-state index in [9.17, 15) is 14.7 Å². The van der Waals surface area contributed by atoms with Gasteiger partial charge in [0.1, 0.15) is 5.75 Å². The second-order valence-corrected chi connectivity index (χ2v) is 7.59. The largest absolute Gasteiger partial charge is 0.508 e. The second kappa shape index (κ2) is 7.52. The first-order valence-electron chi connectivity index (χ1n) is 8.94. The van der Waals surface area contributed by atoms with Crippen molar-refractivity contribution in [3.05, 3.63) is 96.7 Å². The second-order valence-electron chi connectivity index (χ2n) is 6.58. The van der Waals surface area contributed by atoms with Crippen molar-refractivity contribution < 1.29 is 14.6 Å². The third-order valence-corrected chi connectivity index (χ3v) is 5.69. The van der Waals surface area contributed by atoms with Gasteiger partial charge in [-0.05, 0) is 36.3 Å². The van der Waals surface area contributed by atoms with Gasteiger partial charge in [0.2, 0.25) is 0 Å². The maximum atomic E-state index is 13.3. The summed E-state index contributed by atoms with van der Waals surface area (Å²) in [5, 5.41) is 9.69. The van der Waals surface area contributed by atoms with Crippen LogP contribution >= 0.6 is 11.3 Å². The summed E-state index contributed by atoms with van der Waals surface area (Å²) in [5.74, 6) is -0.389. The minimum Gasteiger partial charge on any atom is -0.508 e. The van der Waals surface area contributed by atoms with Gasteiger partial charge in [-0.3, -0.25) is 9.36 Å². The Hall–Kier alpha value is -3.45. The zero-order valence-corrected chi connectivity index (χ0v) is 16.6. The number of fused-ring (bicyclic) bond motifs is 1. The third-order valence-electron chi connectivity index (χ3n) is 4.71. The van der Waals surface area contributed by atoms with Crippen LogP contribution in [0.4, 0.5) is 0 Å². The molecule has 1 N–H and O–H groups in total. The van der Waals surface area contributed by atoms with Crippen LogP contribution in [0.3, 0.4) is 0 Å². The van der Waals surface area contributed by atoms with E-state index in [-0.39, 0.29) is 11.3 Å². The summed E-state index contributed by atoms with van der Waals surface area (Å²) < 4.78 is 6.98. The molecule has 0 saturated carbocycles. The number of aromatic hydroxyl groups is 1. The molecule has 0 fully saturated rings. The molecule has 0 radical (unpaired) electrons. The van der Waals surface area contributed by atoms with E-state index in [0.717, 1.165) is 5.56 Å². The number of esters is 1. The molecule has 7 heteroatoms. The predicted octanol–water partition coefficient (Wildman–Crippen LogP) is 2.11. The van der Waals surface area contributed by atoms with Gasteiger partial charge in [-0.2, -0.15) is 0 Å². The molecule has 1 aliphatic heterocycles. The van der Waals surface area contributed by atoms with Crippen molar-refractivity contribution >= 4 is 23.4 Å². The lowest BCUT2D eigenvalue weighted by Gasteiger charge is -2.24. The van der Waals surface area contributed by atoms with Gasteiger partial charge in [-0.1, -0.05) is 53.8 Å². The highest BCUT2D eigenvalue weighted by molar-refractivity contribution is 7.07. The molecule has 2 heterocycles. The van der Waals surface area contributed by atoms with Gasteiger partial charge < -0.3 is 9.84 Å². The normalized spacial score (nSPS) is 16.3. The first-order chi connectivity index (χ1) is 14.0. The number of carbonyl (C=O) groups is 1. The molecule has 0 aliphatic carbocycles. The van der Waals surface area contributed by atoms with E-state index in [1.165, 1.54) is 23.0 Å². The Balaban J connectivity index is 1.98. The lowest BCUT2D eigenvalue weighted by atomic mass is 9.96. The number of hydrogen-bond acceptors (Lipinski definition) is 6. The van der Waals surface area contributed by atoms with Gasteiger partial charge in [0.05, 0.1) is 29.0 Å². The number of nitrogens with zero attached hydrogens (tertiary/aromatic N) is 2. The summed E-state index contributed by atoms with van der Waals surface area (Å²) in [6.07, 6.45) is 1.71. The van der Waals surface area contributed by atoms with Gasteiger partial charge in [-0.15, -0.1) is 0 Å². The Bertz CT molecular complexity index is 1300. The highest BCUT2D eigenvalue weighted by Crippen LogP contribution is 2.30. The van der Waals surface area contributed by atoms with Crippen molar-refractivity contribution in [3.8, 4) is 5.75 Å². The molecule has 2 aromatic carbocycles. The number of methoxy groups -OCH3 is 1. The fourth-order valence-corrected chi connectivity index (χ4v) is 4.46. The fourth-order valence-electron chi connectivity index (χ4n) is 3.41. The molecule has 3 aromatic rings. The number of hydrogen-bond donors (Lipinski definition) is 1. The molecule has 0 spiro atoms. The zero-order valence-electron chi connectivity index (χ0n) is 15.8. The van der Waals surface area contributed by atoms with Crippen molar-refractivity contribution in [2.45, 2.75) is 13.0 Å². The minimum atomic E-state index is -0.619. The zero-order chi connectivity index (χ0) is 20.5. The van der Waals surface area contributed by atoms with E-state index in [1.807, 2.05) is 30.3 Å². The number of phenolic OH excluding ortho intramolecular Hbond substituents is 1. The van der Waals surface area contributed by atoms with E-state index in [2.05, 4.69) is 4.99 Å². The Labute approximate surface area is 170 Å². The molecular weight excluding hydrogens is 388 g/mol. The van der Waals surface area contributed by atoms with Crippen LogP contribution in [-0.4, -0.2) is 22.8 Å². The summed E-state index contributed by atoms with van der Waals surface area (Å²) >= 11 is 1.25. The Kier molecular flexibility index (Phi) is 4.90. The van der Waals surface area contributed by atoms with Crippen LogP contribution in [0.15, 0.2) is 75.7 Å². The maximum Gasteiger partial charge on any atom is 0.338 e. The van der Waals surface area contributed by atoms with Gasteiger partial charge in [0.25, 0.3) is 5.56 Å². The lowest BCUT2D eigenvalue weighted by Crippen LogP contribution is -2.39. The quantitative estimate of drug-likeness (QED) is 0.676. The number of carbonyl (C=O) groups excluding carboxylic acids is 1. The number of rotatable bonds is 3. The highest BCUT2D eigenvalue weighted by Gasteiger charge is 2.32. The maximum absolute atomic E-state index is 13.3. The van der Waals surface area contributed by atoms with Crippen LogP contribution in [-0.2, 0) is 9.53 Å². The average Bonchev–Trinajstić information content (AvgIpc) is 3.02. The van der Waals surface area contributed by atoms with Crippen LogP contribution in [0.1, 0.15) is 24.1 Å². The van der Waals surface area contributed by atoms with E-state index in [0.29, 0.717) is 26.2 Å². The lowest BCUT2D eigenvalue weighted by molar-refractivity contribution is -0.136. The van der Waals surface area contributed by atoms with Crippen LogP contribution in [0.5, 0.6) is 5.75 Å². The van der Waals surface area contributed by atoms with Gasteiger partial charge in [-0.25, -0.2) is 9.79 Å². The van der Waals surface area contributed by atoms with Gasteiger partial charge >= 0.3 is 5.97 Å². The summed E-state index contributed by atoms with van der Waals surface area (Å²) in [7, 11) is 1.32. The third kappa shape index (κ3) is 3.40. The van der Waals surface area contributed by atoms with Crippen LogP contribution in [0.2, 0.25) is 0 Å². The molecule has 6 nitrogen and oxygen atoms in total. The van der Waals surface area contributed by atoms with E-state index in [1.54, 1.807) is 37.3 Å². The molecule has 1 aromatic heterocycles. The van der Waals surface area contributed by atoms with Crippen molar-refractivity contribution in [1.82, 2.24) is 4.57 Å². The first kappa shape index (κ1) is 18.9. The molecule has 1 unspecified atom stereocenters. The van der Waals surface area contributed by atoms with Crippen molar-refractivity contribution in [1.29, 1.82) is 0 Å². The molecule has 4 rings (SSSR count). The first-order valence-corrected chi connectivity index (χ1v) is 9.76. The fraction of sp³-hybridized carbons (Fsp3) is 0.136. The molecular formula is C22H18N2O4S. The number of thiazole rings is 1. The summed E-state index contributed by atoms with van der Waals surface area (Å²) in [5.41, 5.74) is 2.12. The standard InChI is InChI=1S/C22H18N2O4S/c1-13-18(21(27)28-2)19(15-8-4-3-5-9-15)24-20(26)17(29-22(24)23-13)12-14-7-6-10-16(25)11-14/h3-12,19,25H,1-2H3. The Morgan fingerprint density at radius 2 is 1.97 bits per heavy atom. The summed E-state index contributed by atoms with van der Waals surface area (Å²) in [6, 6.07) is 15.4. The van der Waals surface area contributed by atoms with Crippen molar-refractivity contribution in [2.75, 3.05) is 7.11 Å². The smallest absolute Gasteiger partial charge is 0.338 e. The Morgan fingerprint density at radius 3 is 2.66 bits per heavy atom. The number of benzene rings is 2. The predicted molar refractivity (Wildman–Crippen MR) is 110 cm³/mol. The average molecular weight is 406 g/mol. The number of aromatic nitrogens is 1. The van der Waals surface area contributed by atoms with Crippen LogP contribution in [0, 0.1) is 0 Å². The summed E-state index contributed by atoms with van der Waals surface area (Å²) in [6.45, 7) is 1.74. The molecule has 146 valence electrons. The van der Waals surface area contributed by atoms with E-state index < -0.39 is 12.0 Å². The minimum absolute atomic E-state index is 0.123. The SMILES string of the molecule is COC(=O)C1=C(C)N=c2sc(=Cc3cccc(O)c3)c(=O)n2C1c1ccccc1. The molecule has 1 aliphatic rings. The van der Waals surface area contributed by atoms with Gasteiger partial charge in [0, 0.05) is 0 Å². The van der Waals surface area contributed by atoms with Crippen molar-refractivity contribution in [3.63, 3.8) is 0 Å². The van der Waals surface area contributed by atoms with E-state index >= 15 is 0 Å². The molecule has 0 bridgehead atoms. The molecule has 29 heavy (non-hydrogen) atoms. The van der Waals surface area contributed by atoms with Crippen molar-refractivity contribution in [2.24, 2.45) is 4.99 Å². The summed E-state index contributed by atoms with van der Waals surface area (Å²) in [4.78, 5) is 30.8. The van der Waals surface area contributed by atoms with Crippen LogP contribution in [0.25, 0.3) is 6.08 Å². The van der Waals surface area contributed by atoms with Gasteiger partial charge in [0.15, 0.2) is 4.80 Å². The molecule has 0 saturated heterocycles. The highest BCUT2D eigenvalue weighted by atomic mass is 32.1. The monoisotopic (exact) mass is 406 g/mol. The number of phenols is 1. The topological polar surface area (TPSA) is 80.9 Å². The molecule has 1 atom stereocenters. The Morgan fingerprint density at radius 1 is 1.21 bits per heavy atom. The van der Waals surface area contributed by atoms with Crippen LogP contribution < -0.4 is 14.9 Å². The van der Waals surface area contributed by atoms with E-state index in [4.69, 9.17) is 4.74 Å². The number of ether oxygens (including phenoxy) is 1. The molecule has 0 amide bonds.